The maximum absolute atomic E-state index is 13.6. The molecular formula is C22H21BrClN5O. The highest BCUT2D eigenvalue weighted by Gasteiger charge is 2.21. The third-order valence-corrected chi connectivity index (χ3v) is 6.03. The molecule has 1 aliphatic rings. The Bertz CT molecular complexity index is 1250. The number of halogens is 2. The monoisotopic (exact) mass is 485 g/mol. The van der Waals surface area contributed by atoms with Crippen LogP contribution in [-0.4, -0.2) is 14.5 Å². The predicted octanol–water partition coefficient (Wildman–Crippen LogP) is 5.40. The van der Waals surface area contributed by atoms with Crippen LogP contribution in [0.5, 0.6) is 0 Å². The third-order valence-electron chi connectivity index (χ3n) is 5.13. The second-order valence-electron chi connectivity index (χ2n) is 7.43. The van der Waals surface area contributed by atoms with E-state index in [9.17, 15) is 4.79 Å². The number of aromatic nitrogens is 3. The molecule has 1 aliphatic carbocycles. The van der Waals surface area contributed by atoms with Crippen molar-refractivity contribution in [2.45, 2.75) is 26.3 Å². The number of fused-ring (bicyclic) bond motifs is 1. The van der Waals surface area contributed by atoms with Crippen LogP contribution < -0.4 is 16.6 Å². The highest BCUT2D eigenvalue weighted by atomic mass is 79.9. The van der Waals surface area contributed by atoms with Gasteiger partial charge in [-0.2, -0.15) is 4.98 Å². The van der Waals surface area contributed by atoms with Gasteiger partial charge in [-0.25, -0.2) is 4.98 Å². The molecule has 154 valence electrons. The fourth-order valence-electron chi connectivity index (χ4n) is 3.70. The molecular weight excluding hydrogens is 466 g/mol. The molecule has 4 rings (SSSR count). The van der Waals surface area contributed by atoms with E-state index in [0.717, 1.165) is 23.2 Å². The van der Waals surface area contributed by atoms with E-state index >= 15 is 0 Å². The molecule has 2 atom stereocenters. The summed E-state index contributed by atoms with van der Waals surface area (Å²) in [6.45, 7) is 4.11. The first kappa shape index (κ1) is 20.6. The molecule has 0 spiro atoms. The number of anilines is 2. The first-order valence-electron chi connectivity index (χ1n) is 9.61. The van der Waals surface area contributed by atoms with Crippen molar-refractivity contribution < 1.29 is 0 Å². The van der Waals surface area contributed by atoms with E-state index in [1.165, 1.54) is 0 Å². The number of hydrogen-bond donors (Lipinski definition) is 2. The zero-order valence-electron chi connectivity index (χ0n) is 16.6. The summed E-state index contributed by atoms with van der Waals surface area (Å²) in [6, 6.07) is 7.26. The molecule has 30 heavy (non-hydrogen) atoms. The maximum atomic E-state index is 13.6. The molecule has 6 nitrogen and oxygen atoms in total. The number of benzene rings is 1. The van der Waals surface area contributed by atoms with Crippen LogP contribution in [-0.2, 0) is 0 Å². The lowest BCUT2D eigenvalue weighted by molar-refractivity contribution is 0.695. The summed E-state index contributed by atoms with van der Waals surface area (Å²) in [7, 11) is 0. The zero-order valence-corrected chi connectivity index (χ0v) is 18.9. The molecule has 0 saturated carbocycles. The molecule has 0 amide bonds. The minimum absolute atomic E-state index is 0.128. The Morgan fingerprint density at radius 2 is 2.20 bits per heavy atom. The van der Waals surface area contributed by atoms with Gasteiger partial charge >= 0.3 is 0 Å². The highest BCUT2D eigenvalue weighted by molar-refractivity contribution is 9.10. The van der Waals surface area contributed by atoms with Gasteiger partial charge in [-0.3, -0.25) is 9.36 Å². The van der Waals surface area contributed by atoms with Crippen LogP contribution in [0.3, 0.4) is 0 Å². The van der Waals surface area contributed by atoms with E-state index < -0.39 is 0 Å². The minimum atomic E-state index is -0.242. The van der Waals surface area contributed by atoms with Gasteiger partial charge < -0.3 is 11.1 Å². The van der Waals surface area contributed by atoms with Gasteiger partial charge in [0, 0.05) is 17.6 Å². The van der Waals surface area contributed by atoms with Gasteiger partial charge in [0.15, 0.2) is 0 Å². The van der Waals surface area contributed by atoms with Gasteiger partial charge in [0.05, 0.1) is 20.9 Å². The highest BCUT2D eigenvalue weighted by Crippen LogP contribution is 2.31. The van der Waals surface area contributed by atoms with Gasteiger partial charge in [-0.05, 0) is 58.8 Å². The summed E-state index contributed by atoms with van der Waals surface area (Å²) in [5, 5.41) is 5.12. The van der Waals surface area contributed by atoms with Crippen LogP contribution in [0, 0.1) is 5.92 Å². The van der Waals surface area contributed by atoms with Crippen LogP contribution in [0.4, 0.5) is 11.8 Å². The van der Waals surface area contributed by atoms with Crippen molar-refractivity contribution in [1.82, 2.24) is 14.5 Å². The molecule has 8 heteroatoms. The molecule has 0 aliphatic heterocycles. The number of nitrogens with two attached hydrogens (primary N) is 1. The Labute approximate surface area is 187 Å². The molecule has 1 aromatic carbocycles. The Morgan fingerprint density at radius 3 is 2.97 bits per heavy atom. The van der Waals surface area contributed by atoms with E-state index in [4.69, 9.17) is 17.3 Å². The van der Waals surface area contributed by atoms with Gasteiger partial charge in [0.25, 0.3) is 5.56 Å². The number of allylic oxidation sites excluding steroid dienone is 4. The van der Waals surface area contributed by atoms with Crippen LogP contribution in [0.25, 0.3) is 16.5 Å². The summed E-state index contributed by atoms with van der Waals surface area (Å²) < 4.78 is 2.46. The quantitative estimate of drug-likeness (QED) is 0.516. The van der Waals surface area contributed by atoms with Crippen LogP contribution >= 0.6 is 27.5 Å². The van der Waals surface area contributed by atoms with Crippen molar-refractivity contribution in [2.75, 3.05) is 11.1 Å². The molecule has 0 saturated heterocycles. The second kappa shape index (κ2) is 8.24. The zero-order chi connectivity index (χ0) is 21.4. The molecule has 0 bridgehead atoms. The first-order chi connectivity index (χ1) is 14.3. The summed E-state index contributed by atoms with van der Waals surface area (Å²) in [5.74, 6) is 1.07. The molecule has 2 aromatic heterocycles. The molecule has 1 unspecified atom stereocenters. The summed E-state index contributed by atoms with van der Waals surface area (Å²) in [5.41, 5.74) is 7.37. The van der Waals surface area contributed by atoms with Crippen molar-refractivity contribution in [1.29, 1.82) is 0 Å². The topological polar surface area (TPSA) is 85.8 Å². The Hall–Kier alpha value is -2.64. The summed E-state index contributed by atoms with van der Waals surface area (Å²) >= 11 is 9.85. The average molecular weight is 487 g/mol. The fourth-order valence-corrected chi connectivity index (χ4v) is 4.27. The molecule has 0 radical (unpaired) electrons. The van der Waals surface area contributed by atoms with Crippen molar-refractivity contribution in [2.24, 2.45) is 5.92 Å². The van der Waals surface area contributed by atoms with E-state index in [1.807, 2.05) is 37.3 Å². The third kappa shape index (κ3) is 3.87. The van der Waals surface area contributed by atoms with Gasteiger partial charge in [0.2, 0.25) is 5.95 Å². The lowest BCUT2D eigenvalue weighted by Crippen LogP contribution is -2.27. The van der Waals surface area contributed by atoms with E-state index in [1.54, 1.807) is 16.8 Å². The Balaban J connectivity index is 1.90. The minimum Gasteiger partial charge on any atom is -0.368 e. The van der Waals surface area contributed by atoms with Gasteiger partial charge in [0.1, 0.15) is 5.82 Å². The standard InChI is InChI=1S/C22H21BrClN5O/c1-12-5-3-7-15(9-12)29-18(10-14-6-4-8-17(24)19(14)21(29)30)13(2)27-20-16(23)11-26-22(25)28-20/h3-8,10-13H,9H2,1-2H3,(H3,25,26,27,28)/t12?,13-/m0/s1. The number of pyridine rings is 1. The normalized spacial score (nSPS) is 17.1. The van der Waals surface area contributed by atoms with Gasteiger partial charge in [-0.15, -0.1) is 0 Å². The lowest BCUT2D eigenvalue weighted by atomic mass is 9.99. The number of nitrogen functional groups attached to an aromatic ring is 1. The Kier molecular flexibility index (Phi) is 5.66. The number of rotatable bonds is 4. The van der Waals surface area contributed by atoms with Crippen molar-refractivity contribution in [3.63, 3.8) is 0 Å². The number of hydrogen-bond acceptors (Lipinski definition) is 5. The van der Waals surface area contributed by atoms with E-state index in [0.29, 0.717) is 26.6 Å². The summed E-state index contributed by atoms with van der Waals surface area (Å²) in [4.78, 5) is 21.8. The average Bonchev–Trinajstić information content (AvgIpc) is 2.70. The van der Waals surface area contributed by atoms with Crippen molar-refractivity contribution >= 4 is 55.8 Å². The SMILES string of the molecule is CC1C=CC=C(n2c([C@H](C)Nc3nc(N)ncc3Br)cc3cccc(Cl)c3c2=O)C1. The van der Waals surface area contributed by atoms with Crippen LogP contribution in [0.15, 0.2) is 58.0 Å². The molecule has 2 heterocycles. The number of nitrogens with one attached hydrogen (secondary N) is 1. The Morgan fingerprint density at radius 1 is 1.40 bits per heavy atom. The van der Waals surface area contributed by atoms with Gasteiger partial charge in [-0.1, -0.05) is 42.8 Å². The smallest absolute Gasteiger partial charge is 0.264 e. The molecule has 3 N–H and O–H groups in total. The molecule has 0 fully saturated rings. The predicted molar refractivity (Wildman–Crippen MR) is 127 cm³/mol. The summed E-state index contributed by atoms with van der Waals surface area (Å²) in [6.07, 6.45) is 8.47. The second-order valence-corrected chi connectivity index (χ2v) is 8.69. The first-order valence-corrected chi connectivity index (χ1v) is 10.8. The maximum Gasteiger partial charge on any atom is 0.264 e. The van der Waals surface area contributed by atoms with Crippen molar-refractivity contribution in [3.8, 4) is 0 Å². The number of nitrogens with zero attached hydrogens (tertiary/aromatic N) is 3. The fraction of sp³-hybridized carbons (Fsp3) is 0.227. The molecule has 3 aromatic rings. The van der Waals surface area contributed by atoms with E-state index in [2.05, 4.69) is 44.2 Å². The van der Waals surface area contributed by atoms with Crippen molar-refractivity contribution in [3.05, 3.63) is 74.2 Å². The largest absolute Gasteiger partial charge is 0.368 e. The van der Waals surface area contributed by atoms with Crippen LogP contribution in [0.2, 0.25) is 5.02 Å². The van der Waals surface area contributed by atoms with E-state index in [-0.39, 0.29) is 17.5 Å². The van der Waals surface area contributed by atoms with Crippen LogP contribution in [0.1, 0.15) is 32.0 Å². The lowest BCUT2D eigenvalue weighted by Gasteiger charge is -2.25.